The molecule has 5 nitrogen and oxygen atoms in total. The maximum absolute atomic E-state index is 6.56. The first kappa shape index (κ1) is 21.7. The van der Waals surface area contributed by atoms with Crippen molar-refractivity contribution in [2.75, 3.05) is 43.1 Å². The molecule has 0 spiro atoms. The number of piperazine rings is 1. The molecule has 0 bridgehead atoms. The molecule has 2 aromatic carbocycles. The van der Waals surface area contributed by atoms with E-state index in [4.69, 9.17) is 13.9 Å². The van der Waals surface area contributed by atoms with Gasteiger partial charge in [-0.1, -0.05) is 0 Å². The molecule has 1 aromatic heterocycles. The molecule has 2 aliphatic heterocycles. The zero-order valence-electron chi connectivity index (χ0n) is 20.6. The monoisotopic (exact) mass is 446 g/mol. The van der Waals surface area contributed by atoms with E-state index in [0.29, 0.717) is 0 Å². The summed E-state index contributed by atoms with van der Waals surface area (Å²) in [6, 6.07) is 12.4. The van der Waals surface area contributed by atoms with Crippen LogP contribution < -0.4 is 19.3 Å². The van der Waals surface area contributed by atoms with Gasteiger partial charge in [-0.2, -0.15) is 0 Å². The van der Waals surface area contributed by atoms with E-state index in [9.17, 15) is 0 Å². The van der Waals surface area contributed by atoms with Gasteiger partial charge in [0.2, 0.25) is 0 Å². The van der Waals surface area contributed by atoms with Crippen LogP contribution >= 0.6 is 0 Å². The minimum atomic E-state index is -0.353. The molecule has 2 aliphatic rings. The van der Waals surface area contributed by atoms with Crippen LogP contribution in [0.15, 0.2) is 47.1 Å². The van der Waals surface area contributed by atoms with Crippen LogP contribution in [0.4, 0.5) is 11.4 Å². The Morgan fingerprint density at radius 1 is 0.879 bits per heavy atom. The van der Waals surface area contributed by atoms with Crippen LogP contribution in [0.25, 0.3) is 0 Å². The lowest BCUT2D eigenvalue weighted by Crippen LogP contribution is -2.47. The highest BCUT2D eigenvalue weighted by molar-refractivity contribution is 5.72. The van der Waals surface area contributed by atoms with Crippen molar-refractivity contribution in [1.82, 2.24) is 0 Å². The summed E-state index contributed by atoms with van der Waals surface area (Å²) in [4.78, 5) is 5.02. The number of ether oxygens (including phenoxy) is 2. The van der Waals surface area contributed by atoms with Crippen LogP contribution in [0.5, 0.6) is 11.5 Å². The summed E-state index contributed by atoms with van der Waals surface area (Å²) in [6.07, 6.45) is 1.76. The van der Waals surface area contributed by atoms with Gasteiger partial charge >= 0.3 is 0 Å². The first-order valence-electron chi connectivity index (χ1n) is 11.8. The van der Waals surface area contributed by atoms with E-state index < -0.39 is 0 Å². The number of hydrogen-bond donors (Lipinski definition) is 0. The predicted octanol–water partition coefficient (Wildman–Crippen LogP) is 5.84. The predicted molar refractivity (Wildman–Crippen MR) is 133 cm³/mol. The van der Waals surface area contributed by atoms with Crippen molar-refractivity contribution in [3.05, 3.63) is 70.7 Å². The van der Waals surface area contributed by atoms with Gasteiger partial charge < -0.3 is 23.7 Å². The number of hydrogen-bond acceptors (Lipinski definition) is 5. The topological polar surface area (TPSA) is 38.1 Å². The van der Waals surface area contributed by atoms with Crippen molar-refractivity contribution in [3.8, 4) is 11.5 Å². The van der Waals surface area contributed by atoms with Crippen molar-refractivity contribution >= 4 is 11.4 Å². The Hall–Kier alpha value is -3.08. The van der Waals surface area contributed by atoms with E-state index >= 15 is 0 Å². The van der Waals surface area contributed by atoms with E-state index in [-0.39, 0.29) is 11.5 Å². The standard InChI is InChI=1S/C28H34N2O3/c1-18-19(2)27-24(25(28(4,5)33-27)23-8-7-17-32-23)20(3)26(18)30-15-13-29(14-16-30)21-9-11-22(31-6)12-10-21/h7-12,17,25H,13-16H2,1-6H3. The lowest BCUT2D eigenvalue weighted by atomic mass is 9.81. The van der Waals surface area contributed by atoms with E-state index in [2.05, 4.69) is 62.6 Å². The SMILES string of the molecule is COc1ccc(N2CCN(c3c(C)c(C)c4c(c3C)C(c3ccco3)C(C)(C)O4)CC2)cc1. The second-order valence-corrected chi connectivity index (χ2v) is 9.79. The normalized spacial score (nSPS) is 19.4. The van der Waals surface area contributed by atoms with Crippen LogP contribution in [0, 0.1) is 20.8 Å². The number of nitrogens with zero attached hydrogens (tertiary/aromatic N) is 2. The van der Waals surface area contributed by atoms with Crippen LogP contribution in [0.3, 0.4) is 0 Å². The molecule has 1 saturated heterocycles. The summed E-state index contributed by atoms with van der Waals surface area (Å²) in [5.41, 5.74) is 7.42. The number of anilines is 2. The summed E-state index contributed by atoms with van der Waals surface area (Å²) < 4.78 is 17.8. The molecule has 0 aliphatic carbocycles. The van der Waals surface area contributed by atoms with Gasteiger partial charge in [-0.3, -0.25) is 0 Å². The molecule has 1 fully saturated rings. The Morgan fingerprint density at radius 3 is 2.15 bits per heavy atom. The maximum Gasteiger partial charge on any atom is 0.127 e. The summed E-state index contributed by atoms with van der Waals surface area (Å²) in [6.45, 7) is 15.0. The minimum Gasteiger partial charge on any atom is -0.497 e. The molecule has 33 heavy (non-hydrogen) atoms. The fourth-order valence-corrected chi connectivity index (χ4v) is 5.67. The van der Waals surface area contributed by atoms with Gasteiger partial charge in [-0.05, 0) is 87.7 Å². The van der Waals surface area contributed by atoms with Gasteiger partial charge in [0, 0.05) is 43.1 Å². The lowest BCUT2D eigenvalue weighted by molar-refractivity contribution is 0.114. The van der Waals surface area contributed by atoms with E-state index in [1.165, 1.54) is 33.6 Å². The van der Waals surface area contributed by atoms with Crippen LogP contribution in [0.2, 0.25) is 0 Å². The first-order chi connectivity index (χ1) is 15.8. The smallest absolute Gasteiger partial charge is 0.127 e. The summed E-state index contributed by atoms with van der Waals surface area (Å²) in [5.74, 6) is 2.99. The molecule has 0 saturated carbocycles. The molecule has 3 aromatic rings. The van der Waals surface area contributed by atoms with Gasteiger partial charge in [-0.15, -0.1) is 0 Å². The quantitative estimate of drug-likeness (QED) is 0.503. The molecule has 1 unspecified atom stereocenters. The molecule has 5 heteroatoms. The van der Waals surface area contributed by atoms with Crippen LogP contribution in [0.1, 0.15) is 47.8 Å². The molecule has 0 amide bonds. The number of fused-ring (bicyclic) bond motifs is 1. The number of rotatable bonds is 4. The zero-order valence-corrected chi connectivity index (χ0v) is 20.6. The third kappa shape index (κ3) is 3.54. The maximum atomic E-state index is 6.56. The lowest BCUT2D eigenvalue weighted by Gasteiger charge is -2.39. The highest BCUT2D eigenvalue weighted by Crippen LogP contribution is 2.54. The molecule has 0 N–H and O–H groups in total. The number of furan rings is 1. The van der Waals surface area contributed by atoms with Gasteiger partial charge in [0.15, 0.2) is 0 Å². The average Bonchev–Trinajstić information content (AvgIpc) is 3.43. The first-order valence-corrected chi connectivity index (χ1v) is 11.8. The van der Waals surface area contributed by atoms with Crippen LogP contribution in [-0.4, -0.2) is 38.9 Å². The van der Waals surface area contributed by atoms with Gasteiger partial charge in [0.1, 0.15) is 22.9 Å². The number of benzene rings is 2. The Bertz CT molecular complexity index is 1140. The fraction of sp³-hybridized carbons (Fsp3) is 0.429. The van der Waals surface area contributed by atoms with E-state index in [1.807, 2.05) is 18.2 Å². The molecule has 174 valence electrons. The second kappa shape index (κ2) is 8.05. The van der Waals surface area contributed by atoms with Gasteiger partial charge in [0.25, 0.3) is 0 Å². The van der Waals surface area contributed by atoms with Crippen molar-refractivity contribution < 1.29 is 13.9 Å². The average molecular weight is 447 g/mol. The Kier molecular flexibility index (Phi) is 5.31. The van der Waals surface area contributed by atoms with Crippen molar-refractivity contribution in [2.24, 2.45) is 0 Å². The third-order valence-electron chi connectivity index (χ3n) is 7.47. The summed E-state index contributed by atoms with van der Waals surface area (Å²) >= 11 is 0. The Labute approximate surface area is 196 Å². The largest absolute Gasteiger partial charge is 0.497 e. The van der Waals surface area contributed by atoms with Crippen molar-refractivity contribution in [3.63, 3.8) is 0 Å². The molecular formula is C28H34N2O3. The molecule has 3 heterocycles. The highest BCUT2D eigenvalue weighted by atomic mass is 16.5. The van der Waals surface area contributed by atoms with E-state index in [1.54, 1.807) is 13.4 Å². The third-order valence-corrected chi connectivity index (χ3v) is 7.47. The van der Waals surface area contributed by atoms with Crippen molar-refractivity contribution in [2.45, 2.75) is 46.1 Å². The Morgan fingerprint density at radius 2 is 1.55 bits per heavy atom. The molecule has 0 radical (unpaired) electrons. The summed E-state index contributed by atoms with van der Waals surface area (Å²) in [5, 5.41) is 0. The van der Waals surface area contributed by atoms with Crippen LogP contribution in [-0.2, 0) is 0 Å². The van der Waals surface area contributed by atoms with Gasteiger partial charge in [0.05, 0.1) is 19.3 Å². The second-order valence-electron chi connectivity index (χ2n) is 9.79. The zero-order chi connectivity index (χ0) is 23.3. The number of methoxy groups -OCH3 is 1. The van der Waals surface area contributed by atoms with Crippen molar-refractivity contribution in [1.29, 1.82) is 0 Å². The Balaban J connectivity index is 1.47. The minimum absolute atomic E-state index is 0.0844. The highest BCUT2D eigenvalue weighted by Gasteiger charge is 2.46. The molecule has 1 atom stereocenters. The molecular weight excluding hydrogens is 412 g/mol. The fourth-order valence-electron chi connectivity index (χ4n) is 5.67. The van der Waals surface area contributed by atoms with E-state index in [0.717, 1.165) is 43.4 Å². The summed E-state index contributed by atoms with van der Waals surface area (Å²) in [7, 11) is 1.71. The van der Waals surface area contributed by atoms with Gasteiger partial charge in [-0.25, -0.2) is 0 Å². The molecule has 5 rings (SSSR count).